The van der Waals surface area contributed by atoms with E-state index in [9.17, 15) is 4.79 Å². The van der Waals surface area contributed by atoms with Gasteiger partial charge in [-0.2, -0.15) is 0 Å². The smallest absolute Gasteiger partial charge is 0.142 e. The summed E-state index contributed by atoms with van der Waals surface area (Å²) in [6.07, 6.45) is 8.07. The van der Waals surface area contributed by atoms with Crippen LogP contribution in [-0.4, -0.2) is 6.29 Å². The monoisotopic (exact) mass is 308 g/mol. The van der Waals surface area contributed by atoms with Crippen LogP contribution in [0, 0.1) is 6.92 Å². The molecule has 110 valence electrons. The predicted molar refractivity (Wildman–Crippen MR) is 95.8 cm³/mol. The van der Waals surface area contributed by atoms with E-state index in [1.807, 2.05) is 61.5 Å². The molecule has 0 radical (unpaired) electrons. The Labute approximate surface area is 136 Å². The zero-order valence-electron chi connectivity index (χ0n) is 12.4. The molecule has 2 rings (SSSR count). The van der Waals surface area contributed by atoms with Crippen molar-refractivity contribution < 1.29 is 4.79 Å². The Hall–Kier alpha value is -2.38. The minimum atomic E-state index is 0.703. The number of carbonyl (C=O) groups is 1. The lowest BCUT2D eigenvalue weighted by Crippen LogP contribution is -1.83. The predicted octanol–water partition coefficient (Wildman–Crippen LogP) is 5.59. The third-order valence-corrected chi connectivity index (χ3v) is 3.56. The molecule has 0 fully saturated rings. The number of rotatable bonds is 5. The van der Waals surface area contributed by atoms with Crippen molar-refractivity contribution in [2.45, 2.75) is 6.92 Å². The van der Waals surface area contributed by atoms with Gasteiger partial charge in [0.2, 0.25) is 0 Å². The van der Waals surface area contributed by atoms with Crippen LogP contribution in [0.4, 0.5) is 0 Å². The number of hydrogen-bond donors (Lipinski definition) is 0. The van der Waals surface area contributed by atoms with Crippen molar-refractivity contribution in [3.63, 3.8) is 0 Å². The maximum Gasteiger partial charge on any atom is 0.142 e. The van der Waals surface area contributed by atoms with Gasteiger partial charge in [0.25, 0.3) is 0 Å². The molecule has 2 aromatic carbocycles. The van der Waals surface area contributed by atoms with Gasteiger partial charge in [-0.3, -0.25) is 4.79 Å². The Bertz CT molecular complexity index is 754. The largest absolute Gasteiger partial charge is 0.299 e. The molecule has 0 heterocycles. The van der Waals surface area contributed by atoms with Crippen molar-refractivity contribution in [1.29, 1.82) is 0 Å². The average molecular weight is 309 g/mol. The highest BCUT2D eigenvalue weighted by Gasteiger charge is 1.98. The summed E-state index contributed by atoms with van der Waals surface area (Å²) in [7, 11) is 0. The number of halogens is 1. The minimum Gasteiger partial charge on any atom is -0.299 e. The Morgan fingerprint density at radius 2 is 1.95 bits per heavy atom. The second kappa shape index (κ2) is 7.58. The summed E-state index contributed by atoms with van der Waals surface area (Å²) in [6, 6.07) is 13.7. The summed E-state index contributed by atoms with van der Waals surface area (Å²) < 4.78 is 0. The van der Waals surface area contributed by atoms with Crippen molar-refractivity contribution in [1.82, 2.24) is 0 Å². The van der Waals surface area contributed by atoms with Crippen LogP contribution < -0.4 is 0 Å². The number of benzene rings is 2. The third-order valence-electron chi connectivity index (χ3n) is 3.32. The molecule has 22 heavy (non-hydrogen) atoms. The molecule has 0 aliphatic rings. The lowest BCUT2D eigenvalue weighted by molar-refractivity contribution is -0.104. The first-order valence-electron chi connectivity index (χ1n) is 6.95. The van der Waals surface area contributed by atoms with Crippen LogP contribution in [0.15, 0.2) is 61.2 Å². The van der Waals surface area contributed by atoms with Gasteiger partial charge in [-0.15, -0.1) is 0 Å². The van der Waals surface area contributed by atoms with Gasteiger partial charge in [-0.25, -0.2) is 0 Å². The number of hydrogen-bond acceptors (Lipinski definition) is 1. The molecule has 0 spiro atoms. The van der Waals surface area contributed by atoms with E-state index in [0.29, 0.717) is 5.02 Å². The fourth-order valence-electron chi connectivity index (χ4n) is 2.11. The van der Waals surface area contributed by atoms with E-state index in [0.717, 1.165) is 34.1 Å². The normalized spacial score (nSPS) is 11.2. The molecule has 0 bridgehead atoms. The van der Waals surface area contributed by atoms with Crippen LogP contribution in [-0.2, 0) is 4.79 Å². The molecule has 0 aromatic heterocycles. The van der Waals surface area contributed by atoms with E-state index >= 15 is 0 Å². The molecule has 0 aliphatic carbocycles. The van der Waals surface area contributed by atoms with Gasteiger partial charge in [0.1, 0.15) is 6.29 Å². The Kier molecular flexibility index (Phi) is 5.51. The van der Waals surface area contributed by atoms with Crippen LogP contribution in [0.3, 0.4) is 0 Å². The second-order valence-electron chi connectivity index (χ2n) is 4.98. The van der Waals surface area contributed by atoms with Crippen molar-refractivity contribution in [3.8, 4) is 0 Å². The highest BCUT2D eigenvalue weighted by molar-refractivity contribution is 6.30. The highest BCUT2D eigenvalue weighted by atomic mass is 35.5. The van der Waals surface area contributed by atoms with Gasteiger partial charge in [0, 0.05) is 5.02 Å². The van der Waals surface area contributed by atoms with Crippen molar-refractivity contribution in [2.75, 3.05) is 0 Å². The fourth-order valence-corrected chi connectivity index (χ4v) is 2.31. The summed E-state index contributed by atoms with van der Waals surface area (Å²) in [4.78, 5) is 10.3. The van der Waals surface area contributed by atoms with Crippen molar-refractivity contribution in [3.05, 3.63) is 88.5 Å². The van der Waals surface area contributed by atoms with Gasteiger partial charge in [0.15, 0.2) is 0 Å². The maximum absolute atomic E-state index is 10.3. The Morgan fingerprint density at radius 3 is 2.64 bits per heavy atom. The van der Waals surface area contributed by atoms with Gasteiger partial charge in [0.05, 0.1) is 0 Å². The molecule has 0 amide bonds. The van der Waals surface area contributed by atoms with Crippen LogP contribution in [0.5, 0.6) is 0 Å². The summed E-state index contributed by atoms with van der Waals surface area (Å²) in [5.41, 5.74) is 5.18. The van der Waals surface area contributed by atoms with Gasteiger partial charge < -0.3 is 0 Å². The molecule has 0 atom stereocenters. The number of allylic oxidation sites excluding steroid dienone is 3. The van der Waals surface area contributed by atoms with Gasteiger partial charge in [-0.05, 0) is 53.0 Å². The van der Waals surface area contributed by atoms with Crippen molar-refractivity contribution in [2.24, 2.45) is 0 Å². The standard InChI is InChI=1S/C20H17ClO/c1-15(19-6-3-7-20(21)14-19)8-10-18-11-9-17(5-4-12-22)13-16(18)2/h3-14H,1H2,2H3/b5-4+,10-8+. The molecular weight excluding hydrogens is 292 g/mol. The van der Waals surface area contributed by atoms with Crippen LogP contribution in [0.25, 0.3) is 17.7 Å². The van der Waals surface area contributed by atoms with E-state index in [2.05, 4.69) is 6.58 Å². The number of carbonyl (C=O) groups excluding carboxylic acids is 1. The quantitative estimate of drug-likeness (QED) is 0.400. The molecule has 1 nitrogen and oxygen atoms in total. The highest BCUT2D eigenvalue weighted by Crippen LogP contribution is 2.20. The van der Waals surface area contributed by atoms with Gasteiger partial charge in [-0.1, -0.05) is 66.7 Å². The maximum atomic E-state index is 10.3. The van der Waals surface area contributed by atoms with E-state index < -0.39 is 0 Å². The van der Waals surface area contributed by atoms with Crippen LogP contribution in [0.1, 0.15) is 22.3 Å². The number of aryl methyl sites for hydroxylation is 1. The third kappa shape index (κ3) is 4.31. The lowest BCUT2D eigenvalue weighted by Gasteiger charge is -2.04. The molecule has 0 unspecified atom stereocenters. The molecule has 0 saturated heterocycles. The average Bonchev–Trinajstić information content (AvgIpc) is 2.51. The minimum absolute atomic E-state index is 0.703. The summed E-state index contributed by atoms with van der Waals surface area (Å²) in [5, 5.41) is 0.703. The van der Waals surface area contributed by atoms with Crippen LogP contribution >= 0.6 is 11.6 Å². The van der Waals surface area contributed by atoms with Crippen molar-refractivity contribution >= 4 is 35.6 Å². The zero-order valence-corrected chi connectivity index (χ0v) is 13.2. The molecule has 2 aromatic rings. The first kappa shape index (κ1) is 16.0. The van der Waals surface area contributed by atoms with Crippen LogP contribution in [0.2, 0.25) is 5.02 Å². The van der Waals surface area contributed by atoms with E-state index in [1.165, 1.54) is 6.08 Å². The lowest BCUT2D eigenvalue weighted by atomic mass is 10.0. The molecule has 0 saturated carbocycles. The Morgan fingerprint density at radius 1 is 1.14 bits per heavy atom. The molecule has 2 heteroatoms. The SMILES string of the molecule is C=C(/C=C/c1ccc(/C=C/C=O)cc1C)c1cccc(Cl)c1. The zero-order chi connectivity index (χ0) is 15.9. The van der Waals surface area contributed by atoms with E-state index in [-0.39, 0.29) is 0 Å². The summed E-state index contributed by atoms with van der Waals surface area (Å²) in [6.45, 7) is 6.12. The fraction of sp³-hybridized carbons (Fsp3) is 0.0500. The summed E-state index contributed by atoms with van der Waals surface area (Å²) in [5.74, 6) is 0. The topological polar surface area (TPSA) is 17.1 Å². The Balaban J connectivity index is 2.18. The van der Waals surface area contributed by atoms with E-state index in [4.69, 9.17) is 11.6 Å². The summed E-state index contributed by atoms with van der Waals surface area (Å²) >= 11 is 5.99. The first-order valence-corrected chi connectivity index (χ1v) is 7.33. The first-order chi connectivity index (χ1) is 10.6. The second-order valence-corrected chi connectivity index (χ2v) is 5.42. The van der Waals surface area contributed by atoms with E-state index in [1.54, 1.807) is 6.08 Å². The molecule has 0 N–H and O–H groups in total. The molecular formula is C20H17ClO. The van der Waals surface area contributed by atoms with Gasteiger partial charge >= 0.3 is 0 Å². The molecule has 0 aliphatic heterocycles. The number of aldehydes is 1.